The van der Waals surface area contributed by atoms with Crippen LogP contribution in [0.2, 0.25) is 0 Å². The minimum Gasteiger partial charge on any atom is -0.480 e. The van der Waals surface area contributed by atoms with Crippen LogP contribution in [0.4, 0.5) is 4.79 Å². The molecule has 1 fully saturated rings. The van der Waals surface area contributed by atoms with E-state index in [0.717, 1.165) is 19.3 Å². The van der Waals surface area contributed by atoms with Crippen LogP contribution in [0.25, 0.3) is 0 Å². The van der Waals surface area contributed by atoms with Crippen molar-refractivity contribution in [1.82, 2.24) is 5.32 Å². The van der Waals surface area contributed by atoms with Crippen molar-refractivity contribution in [2.24, 2.45) is 11.3 Å². The predicted octanol–water partition coefficient (Wildman–Crippen LogP) is 2.96. The van der Waals surface area contributed by atoms with Gasteiger partial charge in [-0.15, -0.1) is 0 Å². The van der Waals surface area contributed by atoms with Gasteiger partial charge >= 0.3 is 12.1 Å². The van der Waals surface area contributed by atoms with Crippen LogP contribution >= 0.6 is 0 Å². The van der Waals surface area contributed by atoms with Gasteiger partial charge in [0.2, 0.25) is 0 Å². The van der Waals surface area contributed by atoms with Gasteiger partial charge in [-0.05, 0) is 24.7 Å². The zero-order chi connectivity index (χ0) is 15.3. The van der Waals surface area contributed by atoms with E-state index in [9.17, 15) is 9.59 Å². The summed E-state index contributed by atoms with van der Waals surface area (Å²) in [5.74, 6) is -0.672. The lowest BCUT2D eigenvalue weighted by molar-refractivity contribution is -0.142. The van der Waals surface area contributed by atoms with Gasteiger partial charge in [-0.25, -0.2) is 9.59 Å². The molecule has 0 aliphatic heterocycles. The Labute approximate surface area is 120 Å². The van der Waals surface area contributed by atoms with Crippen LogP contribution in [0.5, 0.6) is 0 Å². The Hall–Kier alpha value is -1.52. The molecule has 0 aromatic rings. The second-order valence-corrected chi connectivity index (χ2v) is 6.34. The molecule has 1 aliphatic rings. The molecular formula is C15H25NO4. The van der Waals surface area contributed by atoms with Crippen LogP contribution in [0, 0.1) is 11.3 Å². The quantitative estimate of drug-likeness (QED) is 0.735. The van der Waals surface area contributed by atoms with Gasteiger partial charge in [-0.3, -0.25) is 0 Å². The van der Waals surface area contributed by atoms with Crippen LogP contribution in [-0.4, -0.2) is 29.3 Å². The third-order valence-corrected chi connectivity index (χ3v) is 3.33. The lowest BCUT2D eigenvalue weighted by Crippen LogP contribution is -2.49. The van der Waals surface area contributed by atoms with E-state index < -0.39 is 23.5 Å². The van der Waals surface area contributed by atoms with Crippen molar-refractivity contribution >= 4 is 12.1 Å². The van der Waals surface area contributed by atoms with E-state index in [-0.39, 0.29) is 6.10 Å². The molecule has 5 nitrogen and oxygen atoms in total. The number of nitrogens with one attached hydrogen (secondary N) is 1. The molecule has 0 aromatic heterocycles. The third-order valence-electron chi connectivity index (χ3n) is 3.33. The lowest BCUT2D eigenvalue weighted by Gasteiger charge is -2.27. The highest BCUT2D eigenvalue weighted by molar-refractivity contribution is 5.80. The Balaban J connectivity index is 2.37. The molecule has 1 amide bonds. The normalized spacial score (nSPS) is 23.4. The number of amides is 1. The maximum absolute atomic E-state index is 11.7. The number of carboxylic acid groups (broad SMARTS) is 1. The number of aliphatic carboxylic acids is 1. The van der Waals surface area contributed by atoms with Crippen molar-refractivity contribution in [1.29, 1.82) is 0 Å². The third kappa shape index (κ3) is 5.23. The van der Waals surface area contributed by atoms with Gasteiger partial charge in [-0.2, -0.15) is 0 Å². The van der Waals surface area contributed by atoms with Crippen LogP contribution in [0.15, 0.2) is 12.2 Å². The first-order valence-electron chi connectivity index (χ1n) is 7.10. The summed E-state index contributed by atoms with van der Waals surface area (Å²) in [6, 6.07) is -0.952. The smallest absolute Gasteiger partial charge is 0.408 e. The minimum atomic E-state index is -1.05. The summed E-state index contributed by atoms with van der Waals surface area (Å²) in [5, 5.41) is 11.6. The van der Waals surface area contributed by atoms with Crippen molar-refractivity contribution in [3.05, 3.63) is 12.2 Å². The minimum absolute atomic E-state index is 0.0779. The van der Waals surface area contributed by atoms with Crippen molar-refractivity contribution < 1.29 is 19.4 Å². The molecule has 1 aliphatic carbocycles. The first-order chi connectivity index (χ1) is 9.25. The summed E-state index contributed by atoms with van der Waals surface area (Å²) in [6.07, 6.45) is 6.24. The number of hydrogen-bond acceptors (Lipinski definition) is 3. The van der Waals surface area contributed by atoms with Crippen LogP contribution in [0.3, 0.4) is 0 Å². The number of carbonyl (C=O) groups excluding carboxylic acids is 1. The molecule has 0 bridgehead atoms. The molecule has 0 spiro atoms. The molecule has 114 valence electrons. The number of alkyl carbamates (subject to hydrolysis) is 1. The Morgan fingerprint density at radius 3 is 2.55 bits per heavy atom. The largest absolute Gasteiger partial charge is 0.480 e. The topological polar surface area (TPSA) is 75.6 Å². The molecule has 5 heteroatoms. The Morgan fingerprint density at radius 2 is 2.05 bits per heavy atom. The van der Waals surface area contributed by atoms with Crippen molar-refractivity contribution in [3.63, 3.8) is 0 Å². The van der Waals surface area contributed by atoms with E-state index in [0.29, 0.717) is 5.92 Å². The van der Waals surface area contributed by atoms with Gasteiger partial charge in [0.25, 0.3) is 0 Å². The van der Waals surface area contributed by atoms with E-state index in [2.05, 4.69) is 24.4 Å². The summed E-state index contributed by atoms with van der Waals surface area (Å²) >= 11 is 0. The Kier molecular flexibility index (Phi) is 5.60. The Morgan fingerprint density at radius 1 is 1.40 bits per heavy atom. The lowest BCUT2D eigenvalue weighted by atomic mass is 9.87. The predicted molar refractivity (Wildman–Crippen MR) is 76.4 cm³/mol. The average molecular weight is 283 g/mol. The zero-order valence-electron chi connectivity index (χ0n) is 12.7. The Bertz CT molecular complexity index is 384. The first kappa shape index (κ1) is 16.5. The molecule has 2 N–H and O–H groups in total. The number of carboxylic acids is 1. The highest BCUT2D eigenvalue weighted by Crippen LogP contribution is 2.37. The number of ether oxygens (including phenoxy) is 1. The highest BCUT2D eigenvalue weighted by Gasteiger charge is 2.41. The number of rotatable bonds is 6. The van der Waals surface area contributed by atoms with Crippen LogP contribution < -0.4 is 5.32 Å². The summed E-state index contributed by atoms with van der Waals surface area (Å²) in [5.41, 5.74) is -0.558. The molecule has 1 saturated carbocycles. The van der Waals surface area contributed by atoms with Crippen LogP contribution in [-0.2, 0) is 9.53 Å². The fraction of sp³-hybridized carbons (Fsp3) is 0.733. The summed E-state index contributed by atoms with van der Waals surface area (Å²) in [7, 11) is 0. The van der Waals surface area contributed by atoms with E-state index in [1.54, 1.807) is 20.8 Å². The van der Waals surface area contributed by atoms with Gasteiger partial charge in [0.05, 0.1) is 0 Å². The number of allylic oxidation sites excluding steroid dienone is 2. The van der Waals surface area contributed by atoms with Gasteiger partial charge in [0, 0.05) is 5.92 Å². The van der Waals surface area contributed by atoms with Crippen molar-refractivity contribution in [2.45, 2.75) is 59.1 Å². The summed E-state index contributed by atoms with van der Waals surface area (Å²) in [4.78, 5) is 22.9. The molecule has 0 heterocycles. The maximum atomic E-state index is 11.7. The van der Waals surface area contributed by atoms with Gasteiger partial charge in [-0.1, -0.05) is 39.8 Å². The average Bonchev–Trinajstić information content (AvgIpc) is 3.03. The molecule has 0 aromatic carbocycles. The zero-order valence-corrected chi connectivity index (χ0v) is 12.7. The second kappa shape index (κ2) is 6.77. The van der Waals surface area contributed by atoms with Gasteiger partial charge in [0.1, 0.15) is 12.1 Å². The standard InChI is InChI=1S/C15H25NO4/c1-5-6-7-8-10-9-11(10)20-14(19)16-12(13(17)18)15(2,3)4/h6-7,10-12H,5,8-9H2,1-4H3,(H,16,19)(H,17,18)/b7-6-/t10-,11-,12-/m0/s1. The van der Waals surface area contributed by atoms with E-state index >= 15 is 0 Å². The fourth-order valence-electron chi connectivity index (χ4n) is 1.99. The van der Waals surface area contributed by atoms with Crippen LogP contribution in [0.1, 0.15) is 47.0 Å². The SMILES string of the molecule is CC/C=C\C[C@H]1C[C@@H]1OC(=O)N[C@@H](C(=O)O)C(C)(C)C. The summed E-state index contributed by atoms with van der Waals surface area (Å²) in [6.45, 7) is 7.37. The van der Waals surface area contributed by atoms with E-state index in [4.69, 9.17) is 9.84 Å². The first-order valence-corrected chi connectivity index (χ1v) is 7.10. The van der Waals surface area contributed by atoms with Crippen molar-refractivity contribution in [3.8, 4) is 0 Å². The molecule has 0 unspecified atom stereocenters. The van der Waals surface area contributed by atoms with Gasteiger partial charge in [0.15, 0.2) is 0 Å². The number of hydrogen-bond donors (Lipinski definition) is 2. The van der Waals surface area contributed by atoms with E-state index in [1.807, 2.05) is 0 Å². The van der Waals surface area contributed by atoms with Crippen molar-refractivity contribution in [2.75, 3.05) is 0 Å². The second-order valence-electron chi connectivity index (χ2n) is 6.34. The van der Waals surface area contributed by atoms with E-state index in [1.165, 1.54) is 0 Å². The maximum Gasteiger partial charge on any atom is 0.408 e. The highest BCUT2D eigenvalue weighted by atomic mass is 16.6. The number of carbonyl (C=O) groups is 2. The fourth-order valence-corrected chi connectivity index (χ4v) is 1.99. The molecule has 0 radical (unpaired) electrons. The molecular weight excluding hydrogens is 258 g/mol. The molecule has 0 saturated heterocycles. The molecule has 3 atom stereocenters. The molecule has 1 rings (SSSR count). The molecule has 20 heavy (non-hydrogen) atoms. The summed E-state index contributed by atoms with van der Waals surface area (Å²) < 4.78 is 5.23. The van der Waals surface area contributed by atoms with Gasteiger partial charge < -0.3 is 15.2 Å². The monoisotopic (exact) mass is 283 g/mol.